The number of hydrogen-bond acceptors (Lipinski definition) is 4. The van der Waals surface area contributed by atoms with Gasteiger partial charge in [0.05, 0.1) is 4.47 Å². The lowest BCUT2D eigenvalue weighted by molar-refractivity contribution is 0.206. The van der Waals surface area contributed by atoms with E-state index in [4.69, 9.17) is 9.47 Å². The number of ether oxygens (including phenoxy) is 2. The fourth-order valence-corrected chi connectivity index (χ4v) is 1.39. The maximum absolute atomic E-state index is 5.46. The van der Waals surface area contributed by atoms with Crippen LogP contribution in [0.3, 0.4) is 0 Å². The highest BCUT2D eigenvalue weighted by molar-refractivity contribution is 9.10. The van der Waals surface area contributed by atoms with E-state index in [-0.39, 0.29) is 0 Å². The van der Waals surface area contributed by atoms with Gasteiger partial charge in [0.15, 0.2) is 0 Å². The molecule has 0 saturated heterocycles. The normalized spacial score (nSPS) is 9.94. The Morgan fingerprint density at radius 3 is 2.29 bits per heavy atom. The molecule has 0 amide bonds. The summed E-state index contributed by atoms with van der Waals surface area (Å²) >= 11 is 3.25. The zero-order valence-corrected chi connectivity index (χ0v) is 10.6. The molecule has 17 heavy (non-hydrogen) atoms. The molecule has 1 aromatic heterocycles. The molecule has 88 valence electrons. The van der Waals surface area contributed by atoms with Crippen molar-refractivity contribution in [2.75, 3.05) is 13.2 Å². The van der Waals surface area contributed by atoms with Gasteiger partial charge in [-0.1, -0.05) is 18.2 Å². The van der Waals surface area contributed by atoms with Gasteiger partial charge in [0.25, 0.3) is 0 Å². The Morgan fingerprint density at radius 1 is 0.941 bits per heavy atom. The van der Waals surface area contributed by atoms with Gasteiger partial charge in [-0.2, -0.15) is 0 Å². The van der Waals surface area contributed by atoms with Crippen LogP contribution in [0.1, 0.15) is 0 Å². The van der Waals surface area contributed by atoms with Crippen LogP contribution in [-0.2, 0) is 0 Å². The predicted molar refractivity (Wildman–Crippen MR) is 67.2 cm³/mol. The highest BCUT2D eigenvalue weighted by atomic mass is 79.9. The second-order valence-corrected chi connectivity index (χ2v) is 4.11. The number of benzene rings is 1. The molecule has 1 aromatic carbocycles. The molecule has 4 nitrogen and oxygen atoms in total. The molecule has 0 unspecified atom stereocenters. The summed E-state index contributed by atoms with van der Waals surface area (Å²) in [4.78, 5) is 7.97. The van der Waals surface area contributed by atoms with Crippen molar-refractivity contribution < 1.29 is 9.47 Å². The van der Waals surface area contributed by atoms with Crippen molar-refractivity contribution in [2.45, 2.75) is 0 Å². The Kier molecular flexibility index (Phi) is 4.32. The van der Waals surface area contributed by atoms with Gasteiger partial charge >= 0.3 is 6.01 Å². The Hall–Kier alpha value is -1.62. The smallest absolute Gasteiger partial charge is 0.316 e. The Labute approximate surface area is 108 Å². The summed E-state index contributed by atoms with van der Waals surface area (Å²) in [5.74, 6) is 0.827. The Morgan fingerprint density at radius 2 is 1.59 bits per heavy atom. The third-order valence-corrected chi connectivity index (χ3v) is 2.33. The molecule has 2 rings (SSSR count). The summed E-state index contributed by atoms with van der Waals surface area (Å²) in [5.41, 5.74) is 0. The standard InChI is InChI=1S/C12H11BrN2O2/c13-10-8-14-12(15-9-10)17-7-6-16-11-4-2-1-3-5-11/h1-5,8-9H,6-7H2. The number of aromatic nitrogens is 2. The highest BCUT2D eigenvalue weighted by Gasteiger charge is 1.97. The summed E-state index contributed by atoms with van der Waals surface area (Å²) in [6.07, 6.45) is 3.28. The molecule has 1 heterocycles. The fraction of sp³-hybridized carbons (Fsp3) is 0.167. The number of hydrogen-bond donors (Lipinski definition) is 0. The molecule has 0 saturated carbocycles. The van der Waals surface area contributed by atoms with E-state index in [1.54, 1.807) is 12.4 Å². The summed E-state index contributed by atoms with van der Waals surface area (Å²) in [6.45, 7) is 0.875. The van der Waals surface area contributed by atoms with E-state index in [9.17, 15) is 0 Å². The number of nitrogens with zero attached hydrogens (tertiary/aromatic N) is 2. The van der Waals surface area contributed by atoms with Crippen LogP contribution in [0.25, 0.3) is 0 Å². The third kappa shape index (κ3) is 4.03. The molecular weight excluding hydrogens is 284 g/mol. The van der Waals surface area contributed by atoms with Crippen molar-refractivity contribution >= 4 is 15.9 Å². The molecule has 0 atom stereocenters. The monoisotopic (exact) mass is 294 g/mol. The first-order valence-corrected chi connectivity index (χ1v) is 5.92. The van der Waals surface area contributed by atoms with Crippen molar-refractivity contribution in [3.63, 3.8) is 0 Å². The van der Waals surface area contributed by atoms with E-state index in [0.717, 1.165) is 10.2 Å². The zero-order valence-electron chi connectivity index (χ0n) is 9.04. The molecule has 5 heteroatoms. The molecule has 0 aliphatic rings. The van der Waals surface area contributed by atoms with Gasteiger partial charge in [0.2, 0.25) is 0 Å². The molecule has 0 spiro atoms. The minimum atomic E-state index is 0.352. The number of rotatable bonds is 5. The lowest BCUT2D eigenvalue weighted by atomic mass is 10.3. The van der Waals surface area contributed by atoms with E-state index in [1.165, 1.54) is 0 Å². The number of halogens is 1. The SMILES string of the molecule is Brc1cnc(OCCOc2ccccc2)nc1. The van der Waals surface area contributed by atoms with Crippen LogP contribution in [0.15, 0.2) is 47.2 Å². The van der Waals surface area contributed by atoms with Gasteiger partial charge in [0, 0.05) is 12.4 Å². The predicted octanol–water partition coefficient (Wildman–Crippen LogP) is 2.70. The molecule has 0 fully saturated rings. The van der Waals surface area contributed by atoms with Crippen molar-refractivity contribution in [3.8, 4) is 11.8 Å². The van der Waals surface area contributed by atoms with Crippen LogP contribution < -0.4 is 9.47 Å². The first-order valence-electron chi connectivity index (χ1n) is 5.13. The molecular formula is C12H11BrN2O2. The average Bonchev–Trinajstić information content (AvgIpc) is 2.38. The van der Waals surface area contributed by atoms with Gasteiger partial charge in [-0.25, -0.2) is 9.97 Å². The molecule has 0 N–H and O–H groups in total. The molecule has 0 bridgehead atoms. The fourth-order valence-electron chi connectivity index (χ4n) is 1.18. The van der Waals surface area contributed by atoms with E-state index in [2.05, 4.69) is 25.9 Å². The van der Waals surface area contributed by atoms with Crippen LogP contribution in [0.2, 0.25) is 0 Å². The molecule has 0 aliphatic carbocycles. The van der Waals surface area contributed by atoms with Crippen molar-refractivity contribution in [1.82, 2.24) is 9.97 Å². The van der Waals surface area contributed by atoms with Gasteiger partial charge < -0.3 is 9.47 Å². The molecule has 2 aromatic rings. The summed E-state index contributed by atoms with van der Waals surface area (Å²) in [5, 5.41) is 0. The van der Waals surface area contributed by atoms with E-state index < -0.39 is 0 Å². The summed E-state index contributed by atoms with van der Waals surface area (Å²) in [7, 11) is 0. The van der Waals surface area contributed by atoms with Gasteiger partial charge in [-0.15, -0.1) is 0 Å². The van der Waals surface area contributed by atoms with Crippen LogP contribution >= 0.6 is 15.9 Å². The van der Waals surface area contributed by atoms with Gasteiger partial charge in [-0.3, -0.25) is 0 Å². The van der Waals surface area contributed by atoms with Crippen LogP contribution in [-0.4, -0.2) is 23.2 Å². The minimum absolute atomic E-state index is 0.352. The van der Waals surface area contributed by atoms with E-state index in [0.29, 0.717) is 19.2 Å². The average molecular weight is 295 g/mol. The highest BCUT2D eigenvalue weighted by Crippen LogP contribution is 2.09. The lowest BCUT2D eigenvalue weighted by Gasteiger charge is -2.06. The Balaban J connectivity index is 1.71. The van der Waals surface area contributed by atoms with Crippen LogP contribution in [0.4, 0.5) is 0 Å². The summed E-state index contributed by atoms with van der Waals surface area (Å²) < 4.78 is 11.6. The van der Waals surface area contributed by atoms with Crippen LogP contribution in [0, 0.1) is 0 Å². The second-order valence-electron chi connectivity index (χ2n) is 3.19. The van der Waals surface area contributed by atoms with Gasteiger partial charge in [-0.05, 0) is 28.1 Å². The zero-order chi connectivity index (χ0) is 11.9. The molecule has 0 radical (unpaired) electrons. The largest absolute Gasteiger partial charge is 0.490 e. The first-order chi connectivity index (χ1) is 8.34. The van der Waals surface area contributed by atoms with Gasteiger partial charge in [0.1, 0.15) is 19.0 Å². The van der Waals surface area contributed by atoms with E-state index in [1.807, 2.05) is 30.3 Å². The number of para-hydroxylation sites is 1. The van der Waals surface area contributed by atoms with Crippen LogP contribution in [0.5, 0.6) is 11.8 Å². The third-order valence-electron chi connectivity index (χ3n) is 1.92. The maximum atomic E-state index is 5.46. The quantitative estimate of drug-likeness (QED) is 0.796. The maximum Gasteiger partial charge on any atom is 0.316 e. The van der Waals surface area contributed by atoms with Crippen molar-refractivity contribution in [2.24, 2.45) is 0 Å². The van der Waals surface area contributed by atoms with E-state index >= 15 is 0 Å². The first kappa shape index (κ1) is 11.9. The Bertz CT molecular complexity index is 448. The second kappa shape index (κ2) is 6.20. The molecule has 0 aliphatic heterocycles. The summed E-state index contributed by atoms with van der Waals surface area (Å²) in [6, 6.07) is 9.94. The van der Waals surface area contributed by atoms with Crippen molar-refractivity contribution in [1.29, 1.82) is 0 Å². The topological polar surface area (TPSA) is 44.2 Å². The minimum Gasteiger partial charge on any atom is -0.490 e. The van der Waals surface area contributed by atoms with Crippen molar-refractivity contribution in [3.05, 3.63) is 47.2 Å². The lowest BCUT2D eigenvalue weighted by Crippen LogP contribution is -2.10.